The van der Waals surface area contributed by atoms with E-state index < -0.39 is 0 Å². The Morgan fingerprint density at radius 2 is 2.28 bits per heavy atom. The number of methoxy groups -OCH3 is 1. The van der Waals surface area contributed by atoms with Gasteiger partial charge >= 0.3 is 0 Å². The normalized spacial score (nSPS) is 24.7. The molecule has 2 aliphatic heterocycles. The van der Waals surface area contributed by atoms with Gasteiger partial charge in [-0.15, -0.1) is 0 Å². The Kier molecular flexibility index (Phi) is 3.37. The highest BCUT2D eigenvalue weighted by Gasteiger charge is 2.27. The quantitative estimate of drug-likeness (QED) is 0.770. The number of benzene rings is 1. The molecule has 0 aromatic heterocycles. The van der Waals surface area contributed by atoms with Gasteiger partial charge in [-0.1, -0.05) is 18.2 Å². The fourth-order valence-corrected chi connectivity index (χ4v) is 3.02. The second-order valence-corrected chi connectivity index (χ2v) is 5.53. The number of nitrogens with one attached hydrogen (secondary N) is 1. The zero-order valence-electron chi connectivity index (χ0n) is 11.1. The lowest BCUT2D eigenvalue weighted by Crippen LogP contribution is -3.06. The van der Waals surface area contributed by atoms with Crippen molar-refractivity contribution in [3.05, 3.63) is 41.9 Å². The van der Waals surface area contributed by atoms with E-state index in [9.17, 15) is 0 Å². The molecule has 0 aliphatic carbocycles. The maximum Gasteiger partial charge on any atom is 0.0825 e. The lowest BCUT2D eigenvalue weighted by Gasteiger charge is -2.39. The Hall–Kier alpha value is -0.900. The van der Waals surface area contributed by atoms with Crippen LogP contribution in [0.4, 0.5) is 0 Å². The van der Waals surface area contributed by atoms with Crippen LogP contribution in [0.3, 0.4) is 0 Å². The molecule has 1 atom stereocenters. The van der Waals surface area contributed by atoms with Crippen LogP contribution in [0, 0.1) is 7.05 Å². The molecule has 1 fully saturated rings. The Labute approximate surface area is 109 Å². The van der Waals surface area contributed by atoms with Gasteiger partial charge < -0.3 is 9.64 Å². The fourth-order valence-electron chi connectivity index (χ4n) is 3.02. The monoisotopic (exact) mass is 246 g/mol. The molecule has 18 heavy (non-hydrogen) atoms. The molecule has 0 bridgehead atoms. The molecular formula is C15H22N2O. The number of nitrogens with zero attached hydrogens (tertiary/aromatic N) is 1. The minimum atomic E-state index is 0.448. The number of ether oxygens (including phenoxy) is 1. The second-order valence-electron chi connectivity index (χ2n) is 5.53. The third kappa shape index (κ3) is 2.30. The summed E-state index contributed by atoms with van der Waals surface area (Å²) >= 11 is 0. The summed E-state index contributed by atoms with van der Waals surface area (Å²) in [5, 5.41) is 0. The summed E-state index contributed by atoms with van der Waals surface area (Å²) in [6, 6.07) is 6.74. The van der Waals surface area contributed by atoms with Crippen LogP contribution in [-0.2, 0) is 24.2 Å². The number of fused-ring (bicyclic) bond motifs is 1. The zero-order valence-corrected chi connectivity index (χ0v) is 11.1. The summed E-state index contributed by atoms with van der Waals surface area (Å²) in [5.74, 6) is 0. The third-order valence-corrected chi connectivity index (χ3v) is 4.19. The highest BCUT2D eigenvalue weighted by Crippen LogP contribution is 2.21. The standard InChI is InChI=1S/C15H22N2O/c1-16-7-6-15-12(8-16)4-3-5-13(15)9-17-10-14(11-17)18-2/h3-5,14,16H,1,6-11H2,2H3. The van der Waals surface area contributed by atoms with Crippen molar-refractivity contribution < 1.29 is 9.64 Å². The summed E-state index contributed by atoms with van der Waals surface area (Å²) in [5.41, 5.74) is 4.58. The second kappa shape index (κ2) is 5.00. The maximum absolute atomic E-state index is 5.33. The molecule has 3 heteroatoms. The van der Waals surface area contributed by atoms with Gasteiger partial charge in [0.1, 0.15) is 0 Å². The van der Waals surface area contributed by atoms with Crippen LogP contribution in [0.2, 0.25) is 0 Å². The van der Waals surface area contributed by atoms with Crippen LogP contribution in [0.5, 0.6) is 0 Å². The van der Waals surface area contributed by atoms with E-state index in [0.29, 0.717) is 6.10 Å². The van der Waals surface area contributed by atoms with E-state index in [4.69, 9.17) is 4.74 Å². The number of likely N-dealkylation sites (tertiary alicyclic amines) is 1. The van der Waals surface area contributed by atoms with Gasteiger partial charge in [-0.2, -0.15) is 7.05 Å². The van der Waals surface area contributed by atoms with Crippen LogP contribution in [-0.4, -0.2) is 37.7 Å². The minimum absolute atomic E-state index is 0.448. The summed E-state index contributed by atoms with van der Waals surface area (Å²) < 4.78 is 5.33. The molecule has 0 spiro atoms. The highest BCUT2D eigenvalue weighted by molar-refractivity contribution is 5.36. The van der Waals surface area contributed by atoms with Gasteiger partial charge in [-0.3, -0.25) is 4.90 Å². The minimum Gasteiger partial charge on any atom is -0.464 e. The SMILES string of the molecule is [CH2-][NH+]1CCc2c(CN3CC(OC)C3)cccc2C1. The molecule has 3 nitrogen and oxygen atoms in total. The van der Waals surface area contributed by atoms with E-state index in [2.05, 4.69) is 30.1 Å². The van der Waals surface area contributed by atoms with Gasteiger partial charge in [0.05, 0.1) is 19.2 Å². The van der Waals surface area contributed by atoms with Crippen LogP contribution < -0.4 is 4.90 Å². The molecular weight excluding hydrogens is 224 g/mol. The molecule has 3 rings (SSSR count). The van der Waals surface area contributed by atoms with E-state index in [1.807, 2.05) is 0 Å². The molecule has 2 heterocycles. The fraction of sp³-hybridized carbons (Fsp3) is 0.533. The highest BCUT2D eigenvalue weighted by atomic mass is 16.5. The van der Waals surface area contributed by atoms with E-state index in [-0.39, 0.29) is 0 Å². The Morgan fingerprint density at radius 3 is 3.06 bits per heavy atom. The van der Waals surface area contributed by atoms with Crippen molar-refractivity contribution in [1.82, 2.24) is 4.90 Å². The molecule has 0 amide bonds. The predicted molar refractivity (Wildman–Crippen MR) is 71.1 cm³/mol. The average molecular weight is 246 g/mol. The number of quaternary nitrogens is 1. The Balaban J connectivity index is 1.71. The van der Waals surface area contributed by atoms with Gasteiger partial charge in [0.25, 0.3) is 0 Å². The van der Waals surface area contributed by atoms with Crippen LogP contribution >= 0.6 is 0 Å². The molecule has 1 saturated heterocycles. The van der Waals surface area contributed by atoms with E-state index in [0.717, 1.165) is 32.7 Å². The molecule has 1 aromatic carbocycles. The number of hydrogen-bond acceptors (Lipinski definition) is 2. The summed E-state index contributed by atoms with van der Waals surface area (Å²) in [6.45, 7) is 5.46. The Morgan fingerprint density at radius 1 is 1.44 bits per heavy atom. The van der Waals surface area contributed by atoms with Crippen LogP contribution in [0.1, 0.15) is 16.7 Å². The summed E-state index contributed by atoms with van der Waals surface area (Å²) in [6.07, 6.45) is 1.62. The van der Waals surface area contributed by atoms with E-state index >= 15 is 0 Å². The first-order chi connectivity index (χ1) is 8.76. The van der Waals surface area contributed by atoms with Gasteiger partial charge in [0.15, 0.2) is 0 Å². The molecule has 0 radical (unpaired) electrons. The lowest BCUT2D eigenvalue weighted by molar-refractivity contribution is -0.870. The van der Waals surface area contributed by atoms with E-state index in [1.165, 1.54) is 22.4 Å². The van der Waals surface area contributed by atoms with Crippen LogP contribution in [0.25, 0.3) is 0 Å². The van der Waals surface area contributed by atoms with Gasteiger partial charge in [0, 0.05) is 38.7 Å². The first-order valence-electron chi connectivity index (χ1n) is 6.77. The average Bonchev–Trinajstić information content (AvgIpc) is 2.32. The first kappa shape index (κ1) is 12.2. The number of rotatable bonds is 3. The zero-order chi connectivity index (χ0) is 12.5. The van der Waals surface area contributed by atoms with Crippen molar-refractivity contribution in [2.45, 2.75) is 25.6 Å². The topological polar surface area (TPSA) is 16.9 Å². The van der Waals surface area contributed by atoms with Gasteiger partial charge in [-0.25, -0.2) is 0 Å². The van der Waals surface area contributed by atoms with Gasteiger partial charge in [0.2, 0.25) is 0 Å². The first-order valence-corrected chi connectivity index (χ1v) is 6.77. The molecule has 1 unspecified atom stereocenters. The number of hydrogen-bond donors (Lipinski definition) is 1. The van der Waals surface area contributed by atoms with Crippen molar-refractivity contribution in [2.24, 2.45) is 0 Å². The largest absolute Gasteiger partial charge is 0.464 e. The van der Waals surface area contributed by atoms with E-state index in [1.54, 1.807) is 12.7 Å². The van der Waals surface area contributed by atoms with Crippen LogP contribution in [0.15, 0.2) is 18.2 Å². The molecule has 0 saturated carbocycles. The van der Waals surface area contributed by atoms with Gasteiger partial charge in [-0.05, 0) is 11.1 Å². The van der Waals surface area contributed by atoms with Crippen molar-refractivity contribution in [2.75, 3.05) is 26.7 Å². The summed E-state index contributed by atoms with van der Waals surface area (Å²) in [4.78, 5) is 3.84. The molecule has 2 aliphatic rings. The molecule has 98 valence electrons. The Bertz CT molecular complexity index is 427. The predicted octanol–water partition coefficient (Wildman–Crippen LogP) is 0.250. The van der Waals surface area contributed by atoms with Crippen molar-refractivity contribution in [3.8, 4) is 0 Å². The molecule has 1 aromatic rings. The smallest absolute Gasteiger partial charge is 0.0825 e. The van der Waals surface area contributed by atoms with Crippen molar-refractivity contribution in [1.29, 1.82) is 0 Å². The lowest BCUT2D eigenvalue weighted by atomic mass is 9.94. The van der Waals surface area contributed by atoms with Crippen molar-refractivity contribution >= 4 is 0 Å². The van der Waals surface area contributed by atoms with Crippen molar-refractivity contribution in [3.63, 3.8) is 0 Å². The molecule has 1 N–H and O–H groups in total. The third-order valence-electron chi connectivity index (χ3n) is 4.19. The maximum atomic E-state index is 5.33. The summed E-state index contributed by atoms with van der Waals surface area (Å²) in [7, 11) is 5.93.